The minimum absolute atomic E-state index is 0.200. The van der Waals surface area contributed by atoms with Crippen LogP contribution in [0.4, 0.5) is 11.4 Å². The average Bonchev–Trinajstić information content (AvgIpc) is 3.19. The highest BCUT2D eigenvalue weighted by Crippen LogP contribution is 2.60. The fraction of sp³-hybridized carbons (Fsp3) is 0.250. The first kappa shape index (κ1) is 34.4. The minimum atomic E-state index is -4.13. The third-order valence-electron chi connectivity index (χ3n) is 9.22. The molecule has 0 aliphatic carbocycles. The molecule has 5 aromatic rings. The summed E-state index contributed by atoms with van der Waals surface area (Å²) in [7, 11) is -0.406. The number of aliphatic hydroxyl groups is 2. The van der Waals surface area contributed by atoms with E-state index < -0.39 is 32.0 Å². The van der Waals surface area contributed by atoms with E-state index in [2.05, 4.69) is 10.6 Å². The molecule has 8 nitrogen and oxygen atoms in total. The molecule has 49 heavy (non-hydrogen) atoms. The second kappa shape index (κ2) is 15.9. The van der Waals surface area contributed by atoms with Gasteiger partial charge in [0.1, 0.15) is 5.75 Å². The van der Waals surface area contributed by atoms with Crippen molar-refractivity contribution >= 4 is 19.0 Å². The van der Waals surface area contributed by atoms with E-state index in [1.165, 1.54) is 0 Å². The number of rotatable bonds is 12. The van der Waals surface area contributed by atoms with Gasteiger partial charge in [-0.2, -0.15) is 9.34 Å². The van der Waals surface area contributed by atoms with Gasteiger partial charge in [0, 0.05) is 38.6 Å². The maximum atomic E-state index is 16.5. The molecule has 254 valence electrons. The van der Waals surface area contributed by atoms with Gasteiger partial charge in [0.05, 0.1) is 24.3 Å². The van der Waals surface area contributed by atoms with Gasteiger partial charge in [-0.3, -0.25) is 0 Å². The van der Waals surface area contributed by atoms with Gasteiger partial charge in [0.15, 0.2) is 0 Å². The van der Waals surface area contributed by atoms with Crippen LogP contribution in [0.15, 0.2) is 140 Å². The summed E-state index contributed by atoms with van der Waals surface area (Å²) in [6.07, 6.45) is -1.84. The standard InChI is InChI=1S/C40H45N4O4P/c1-41-34-20-12-18-32(24-34)28-43-37(26-30-14-6-3-7-15-30)39(45)40(46)38(27-31-16-8-4-9-17-31)44(29-33-19-13-21-35(25-33)42-2)49(43,47)48-36-22-10-5-11-23-36/h3-25,37-42,45-46H,26-29H2,1-2H3. The average molecular weight is 677 g/mol. The first-order chi connectivity index (χ1) is 23.9. The predicted molar refractivity (Wildman–Crippen MR) is 198 cm³/mol. The van der Waals surface area contributed by atoms with E-state index >= 15 is 4.57 Å². The smallest absolute Gasteiger partial charge is 0.397 e. The molecule has 4 N–H and O–H groups in total. The Kier molecular flexibility index (Phi) is 11.1. The summed E-state index contributed by atoms with van der Waals surface area (Å²) in [5, 5.41) is 31.1. The maximum Gasteiger partial charge on any atom is 0.397 e. The normalized spacial score (nSPS) is 23.0. The lowest BCUT2D eigenvalue weighted by atomic mass is 9.91. The summed E-state index contributed by atoms with van der Waals surface area (Å²) in [5.41, 5.74) is 5.51. The summed E-state index contributed by atoms with van der Waals surface area (Å²) in [4.78, 5) is 0. The number of hydrogen-bond acceptors (Lipinski definition) is 6. The summed E-state index contributed by atoms with van der Waals surface area (Å²) in [6, 6.07) is 43.2. The highest BCUT2D eigenvalue weighted by molar-refractivity contribution is 7.54. The van der Waals surface area contributed by atoms with Gasteiger partial charge in [-0.05, 0) is 71.5 Å². The number of para-hydroxylation sites is 1. The van der Waals surface area contributed by atoms with E-state index in [-0.39, 0.29) is 13.1 Å². The van der Waals surface area contributed by atoms with Crippen LogP contribution in [0.1, 0.15) is 22.3 Å². The van der Waals surface area contributed by atoms with Crippen molar-refractivity contribution in [1.29, 1.82) is 0 Å². The Hall–Kier alpha value is -4.43. The first-order valence-electron chi connectivity index (χ1n) is 16.7. The van der Waals surface area contributed by atoms with E-state index in [9.17, 15) is 10.2 Å². The number of nitrogens with one attached hydrogen (secondary N) is 2. The summed E-state index contributed by atoms with van der Waals surface area (Å²) < 4.78 is 26.9. The molecule has 1 saturated heterocycles. The zero-order chi connectivity index (χ0) is 34.2. The third kappa shape index (κ3) is 8.07. The van der Waals surface area contributed by atoms with Crippen LogP contribution in [0.2, 0.25) is 0 Å². The van der Waals surface area contributed by atoms with Crippen molar-refractivity contribution in [3.63, 3.8) is 0 Å². The van der Waals surface area contributed by atoms with E-state index in [4.69, 9.17) is 4.52 Å². The van der Waals surface area contributed by atoms with Crippen LogP contribution in [0.3, 0.4) is 0 Å². The Balaban J connectivity index is 1.57. The van der Waals surface area contributed by atoms with Gasteiger partial charge in [-0.15, -0.1) is 0 Å². The molecule has 4 unspecified atom stereocenters. The van der Waals surface area contributed by atoms with Crippen LogP contribution < -0.4 is 15.2 Å². The summed E-state index contributed by atoms with van der Waals surface area (Å²) in [6.45, 7) is 0.401. The number of aliphatic hydroxyl groups excluding tert-OH is 2. The fourth-order valence-corrected chi connectivity index (χ4v) is 9.43. The van der Waals surface area contributed by atoms with Crippen molar-refractivity contribution in [1.82, 2.24) is 9.34 Å². The molecule has 4 atom stereocenters. The molecule has 0 spiro atoms. The molecule has 1 heterocycles. The second-order valence-corrected chi connectivity index (χ2v) is 14.7. The fourth-order valence-electron chi connectivity index (χ4n) is 6.65. The summed E-state index contributed by atoms with van der Waals surface area (Å²) in [5.74, 6) is 0.441. The molecular weight excluding hydrogens is 631 g/mol. The zero-order valence-electron chi connectivity index (χ0n) is 28.0. The van der Waals surface area contributed by atoms with Gasteiger partial charge in [0.25, 0.3) is 0 Å². The van der Waals surface area contributed by atoms with Crippen LogP contribution in [0.5, 0.6) is 5.75 Å². The largest absolute Gasteiger partial charge is 0.422 e. The molecule has 1 fully saturated rings. The molecule has 9 heteroatoms. The summed E-state index contributed by atoms with van der Waals surface area (Å²) >= 11 is 0. The van der Waals surface area contributed by atoms with Crippen LogP contribution >= 0.6 is 7.67 Å². The Morgan fingerprint density at radius 2 is 0.959 bits per heavy atom. The molecule has 0 aromatic heterocycles. The van der Waals surface area contributed by atoms with Crippen LogP contribution in [0, 0.1) is 0 Å². The van der Waals surface area contributed by atoms with Crippen molar-refractivity contribution < 1.29 is 19.3 Å². The van der Waals surface area contributed by atoms with Crippen molar-refractivity contribution in [2.75, 3.05) is 24.7 Å². The number of hydrogen-bond donors (Lipinski definition) is 4. The van der Waals surface area contributed by atoms with Gasteiger partial charge in [-0.25, -0.2) is 4.57 Å². The number of benzene rings is 5. The first-order valence-corrected chi connectivity index (χ1v) is 18.3. The van der Waals surface area contributed by atoms with E-state index in [0.717, 1.165) is 33.6 Å². The van der Waals surface area contributed by atoms with E-state index in [1.807, 2.05) is 151 Å². The van der Waals surface area contributed by atoms with E-state index in [0.29, 0.717) is 18.6 Å². The number of nitrogens with zero attached hydrogens (tertiary/aromatic N) is 2. The van der Waals surface area contributed by atoms with Crippen molar-refractivity contribution in [3.05, 3.63) is 162 Å². The molecule has 0 amide bonds. The van der Waals surface area contributed by atoms with Crippen LogP contribution in [-0.4, -0.2) is 57.9 Å². The molecule has 0 saturated carbocycles. The topological polar surface area (TPSA) is 97.3 Å². The molecule has 1 aliphatic heterocycles. The molecular formula is C40H45N4O4P. The predicted octanol–water partition coefficient (Wildman–Crippen LogP) is 7.22. The van der Waals surface area contributed by atoms with Crippen molar-refractivity contribution in [2.45, 2.75) is 50.2 Å². The SMILES string of the molecule is CNc1cccc(CN2C(Cc3ccccc3)C(O)C(O)C(Cc3ccccc3)N(Cc3cccc(NC)c3)P2(=O)Oc2ccccc2)c1. The highest BCUT2D eigenvalue weighted by Gasteiger charge is 2.55. The van der Waals surface area contributed by atoms with Gasteiger partial charge in [-0.1, -0.05) is 103 Å². The number of anilines is 2. The highest BCUT2D eigenvalue weighted by atomic mass is 31.2. The second-order valence-electron chi connectivity index (χ2n) is 12.5. The Morgan fingerprint density at radius 3 is 1.37 bits per heavy atom. The third-order valence-corrected chi connectivity index (χ3v) is 11.8. The van der Waals surface area contributed by atoms with Gasteiger partial charge in [0.2, 0.25) is 0 Å². The lowest BCUT2D eigenvalue weighted by Crippen LogP contribution is -2.50. The van der Waals surface area contributed by atoms with Crippen molar-refractivity contribution in [2.24, 2.45) is 0 Å². The zero-order valence-corrected chi connectivity index (χ0v) is 28.9. The quantitative estimate of drug-likeness (QED) is 0.103. The lowest BCUT2D eigenvalue weighted by molar-refractivity contribution is -0.0408. The van der Waals surface area contributed by atoms with E-state index in [1.54, 1.807) is 12.1 Å². The van der Waals surface area contributed by atoms with Crippen LogP contribution in [-0.2, 0) is 30.5 Å². The molecule has 1 aliphatic rings. The monoisotopic (exact) mass is 676 g/mol. The van der Waals surface area contributed by atoms with Crippen LogP contribution in [0.25, 0.3) is 0 Å². The lowest BCUT2D eigenvalue weighted by Gasteiger charge is -2.42. The Bertz CT molecular complexity index is 1720. The van der Waals surface area contributed by atoms with Crippen molar-refractivity contribution in [3.8, 4) is 5.75 Å². The molecule has 6 rings (SSSR count). The van der Waals surface area contributed by atoms with Gasteiger partial charge < -0.3 is 25.4 Å². The molecule has 5 aromatic carbocycles. The maximum absolute atomic E-state index is 16.5. The molecule has 0 radical (unpaired) electrons. The Labute approximate surface area is 289 Å². The molecule has 0 bridgehead atoms. The minimum Gasteiger partial charge on any atom is -0.422 e. The van der Waals surface area contributed by atoms with Gasteiger partial charge >= 0.3 is 7.67 Å². The Morgan fingerprint density at radius 1 is 0.571 bits per heavy atom.